The molecular weight excluding hydrogens is 508 g/mol. The lowest BCUT2D eigenvalue weighted by Gasteiger charge is -2.26. The summed E-state index contributed by atoms with van der Waals surface area (Å²) in [6, 6.07) is 13.1. The second-order valence-electron chi connectivity index (χ2n) is 7.73. The van der Waals surface area contributed by atoms with Crippen LogP contribution in [0.5, 0.6) is 5.75 Å². The van der Waals surface area contributed by atoms with Crippen molar-refractivity contribution in [2.45, 2.75) is 13.5 Å². The van der Waals surface area contributed by atoms with E-state index in [1.807, 2.05) is 31.2 Å². The summed E-state index contributed by atoms with van der Waals surface area (Å²) >= 11 is 4.40. The molecule has 2 aromatic rings. The number of hydrogen-bond acceptors (Lipinski definition) is 6. The fourth-order valence-corrected chi connectivity index (χ4v) is 4.90. The molecule has 0 aliphatic carbocycles. The first kappa shape index (κ1) is 23.5. The third-order valence-corrected chi connectivity index (χ3v) is 6.79. The molecule has 0 unspecified atom stereocenters. The van der Waals surface area contributed by atoms with Gasteiger partial charge in [-0.05, 0) is 64.0 Å². The maximum Gasteiger partial charge on any atom is 0.293 e. The average Bonchev–Trinajstić information content (AvgIpc) is 3.06. The van der Waals surface area contributed by atoms with Crippen LogP contribution < -0.4 is 4.74 Å². The summed E-state index contributed by atoms with van der Waals surface area (Å²) in [6.45, 7) is 4.39. The van der Waals surface area contributed by atoms with Crippen LogP contribution in [0.15, 0.2) is 51.8 Å². The molecule has 3 amide bonds. The zero-order chi connectivity index (χ0) is 23.4. The highest BCUT2D eigenvalue weighted by Crippen LogP contribution is 2.34. The second kappa shape index (κ2) is 10.5. The molecule has 33 heavy (non-hydrogen) atoms. The molecule has 0 N–H and O–H groups in total. The van der Waals surface area contributed by atoms with Gasteiger partial charge in [-0.2, -0.15) is 0 Å². The molecule has 0 bridgehead atoms. The summed E-state index contributed by atoms with van der Waals surface area (Å²) in [5.41, 5.74) is 2.73. The molecule has 0 spiro atoms. The number of hydrogen-bond donors (Lipinski definition) is 0. The van der Waals surface area contributed by atoms with E-state index in [0.717, 1.165) is 28.5 Å². The van der Waals surface area contributed by atoms with Gasteiger partial charge in [0.15, 0.2) is 6.61 Å². The monoisotopic (exact) mass is 530 g/mol. The van der Waals surface area contributed by atoms with E-state index in [4.69, 9.17) is 9.47 Å². The van der Waals surface area contributed by atoms with Gasteiger partial charge in [0.1, 0.15) is 5.75 Å². The number of imide groups is 1. The van der Waals surface area contributed by atoms with Gasteiger partial charge in [-0.3, -0.25) is 19.3 Å². The fraction of sp³-hybridized carbons (Fsp3) is 0.292. The Balaban J connectivity index is 1.40. The second-order valence-corrected chi connectivity index (χ2v) is 9.58. The molecule has 2 heterocycles. The van der Waals surface area contributed by atoms with Crippen molar-refractivity contribution in [3.8, 4) is 5.75 Å². The Kier molecular flexibility index (Phi) is 7.52. The first-order chi connectivity index (χ1) is 15.9. The molecule has 2 saturated heterocycles. The third-order valence-electron chi connectivity index (χ3n) is 5.27. The van der Waals surface area contributed by atoms with Crippen molar-refractivity contribution in [2.75, 3.05) is 32.9 Å². The molecule has 2 aliphatic rings. The molecule has 2 aromatic carbocycles. The van der Waals surface area contributed by atoms with Gasteiger partial charge in [0.05, 0.1) is 29.1 Å². The predicted molar refractivity (Wildman–Crippen MR) is 130 cm³/mol. The fourth-order valence-electron chi connectivity index (χ4n) is 3.55. The predicted octanol–water partition coefficient (Wildman–Crippen LogP) is 4.23. The number of thioether (sulfide) groups is 1. The van der Waals surface area contributed by atoms with Gasteiger partial charge in [-0.25, -0.2) is 0 Å². The van der Waals surface area contributed by atoms with Gasteiger partial charge < -0.3 is 14.4 Å². The van der Waals surface area contributed by atoms with Crippen LogP contribution in [0.2, 0.25) is 0 Å². The average molecular weight is 531 g/mol. The Hall–Kier alpha value is -2.62. The Morgan fingerprint density at radius 1 is 1.18 bits per heavy atom. The smallest absolute Gasteiger partial charge is 0.293 e. The van der Waals surface area contributed by atoms with Crippen LogP contribution in [-0.2, 0) is 20.9 Å². The van der Waals surface area contributed by atoms with E-state index in [0.29, 0.717) is 41.4 Å². The van der Waals surface area contributed by atoms with Crippen molar-refractivity contribution in [1.82, 2.24) is 9.80 Å². The quantitative estimate of drug-likeness (QED) is 0.520. The number of benzene rings is 2. The number of nitrogens with zero attached hydrogens (tertiary/aromatic N) is 2. The van der Waals surface area contributed by atoms with E-state index in [1.165, 1.54) is 4.90 Å². The van der Waals surface area contributed by atoms with Crippen LogP contribution in [0.4, 0.5) is 4.79 Å². The molecule has 172 valence electrons. The zero-order valence-electron chi connectivity index (χ0n) is 18.1. The minimum absolute atomic E-state index is 0.0597. The SMILES string of the molecule is Cc1cccc(CN2C(=O)S/C(=C\c3ccc(OCC(=O)N4CCOCC4)c(Br)c3)C2=O)c1. The summed E-state index contributed by atoms with van der Waals surface area (Å²) in [4.78, 5) is 40.9. The lowest BCUT2D eigenvalue weighted by Crippen LogP contribution is -2.43. The number of rotatable bonds is 6. The van der Waals surface area contributed by atoms with Crippen molar-refractivity contribution in [3.05, 3.63) is 68.5 Å². The van der Waals surface area contributed by atoms with Crippen LogP contribution in [0.3, 0.4) is 0 Å². The number of amides is 3. The van der Waals surface area contributed by atoms with Gasteiger partial charge in [-0.15, -0.1) is 0 Å². The van der Waals surface area contributed by atoms with E-state index in [2.05, 4.69) is 15.9 Å². The Morgan fingerprint density at radius 3 is 2.70 bits per heavy atom. The molecule has 4 rings (SSSR count). The molecule has 2 aliphatic heterocycles. The summed E-state index contributed by atoms with van der Waals surface area (Å²) in [5.74, 6) is 0.136. The van der Waals surface area contributed by atoms with Gasteiger partial charge in [0.2, 0.25) is 0 Å². The maximum atomic E-state index is 12.8. The van der Waals surface area contributed by atoms with Crippen molar-refractivity contribution >= 4 is 50.8 Å². The van der Waals surface area contributed by atoms with Crippen molar-refractivity contribution < 1.29 is 23.9 Å². The zero-order valence-corrected chi connectivity index (χ0v) is 20.5. The summed E-state index contributed by atoms with van der Waals surface area (Å²) in [6.07, 6.45) is 1.69. The van der Waals surface area contributed by atoms with E-state index in [-0.39, 0.29) is 30.2 Å². The molecular formula is C24H23BrN2O5S. The van der Waals surface area contributed by atoms with Crippen LogP contribution in [0.25, 0.3) is 6.08 Å². The highest BCUT2D eigenvalue weighted by atomic mass is 79.9. The third kappa shape index (κ3) is 5.85. The minimum atomic E-state index is -0.306. The molecule has 2 fully saturated rings. The first-order valence-corrected chi connectivity index (χ1v) is 12.1. The van der Waals surface area contributed by atoms with Gasteiger partial charge in [-0.1, -0.05) is 35.9 Å². The van der Waals surface area contributed by atoms with Crippen molar-refractivity contribution in [1.29, 1.82) is 0 Å². The maximum absolute atomic E-state index is 12.8. The molecule has 0 aromatic heterocycles. The molecule has 0 saturated carbocycles. The Bertz CT molecular complexity index is 1110. The number of halogens is 1. The highest BCUT2D eigenvalue weighted by Gasteiger charge is 2.35. The van der Waals surface area contributed by atoms with Crippen LogP contribution in [0.1, 0.15) is 16.7 Å². The number of aryl methyl sites for hydroxylation is 1. The number of morpholine rings is 1. The van der Waals surface area contributed by atoms with Gasteiger partial charge >= 0.3 is 0 Å². The lowest BCUT2D eigenvalue weighted by atomic mass is 10.1. The normalized spacial score (nSPS) is 17.7. The number of carbonyl (C=O) groups is 3. The Morgan fingerprint density at radius 2 is 1.97 bits per heavy atom. The van der Waals surface area contributed by atoms with Crippen LogP contribution in [0, 0.1) is 6.92 Å². The summed E-state index contributed by atoms with van der Waals surface area (Å²) < 4.78 is 11.6. The van der Waals surface area contributed by atoms with E-state index in [1.54, 1.807) is 29.2 Å². The highest BCUT2D eigenvalue weighted by molar-refractivity contribution is 9.10. The van der Waals surface area contributed by atoms with Crippen molar-refractivity contribution in [2.24, 2.45) is 0 Å². The van der Waals surface area contributed by atoms with Gasteiger partial charge in [0, 0.05) is 13.1 Å². The summed E-state index contributed by atoms with van der Waals surface area (Å²) in [7, 11) is 0. The molecule has 0 radical (unpaired) electrons. The largest absolute Gasteiger partial charge is 0.483 e. The van der Waals surface area contributed by atoms with Crippen LogP contribution in [-0.4, -0.2) is 59.8 Å². The lowest BCUT2D eigenvalue weighted by molar-refractivity contribution is -0.137. The van der Waals surface area contributed by atoms with Gasteiger partial charge in [0.25, 0.3) is 17.1 Å². The van der Waals surface area contributed by atoms with Crippen molar-refractivity contribution in [3.63, 3.8) is 0 Å². The van der Waals surface area contributed by atoms with E-state index in [9.17, 15) is 14.4 Å². The molecule has 7 nitrogen and oxygen atoms in total. The number of ether oxygens (including phenoxy) is 2. The Labute approximate surface area is 204 Å². The summed E-state index contributed by atoms with van der Waals surface area (Å²) in [5, 5.41) is -0.284. The topological polar surface area (TPSA) is 76.2 Å². The number of carbonyl (C=O) groups excluding carboxylic acids is 3. The molecule has 0 atom stereocenters. The van der Waals surface area contributed by atoms with Crippen LogP contribution >= 0.6 is 27.7 Å². The van der Waals surface area contributed by atoms with E-state index < -0.39 is 0 Å². The molecule has 9 heteroatoms. The standard InChI is InChI=1S/C24H23BrN2O5S/c1-16-3-2-4-18(11-16)14-27-23(29)21(33-24(27)30)13-17-5-6-20(19(25)12-17)32-15-22(28)26-7-9-31-10-8-26/h2-6,11-13H,7-10,14-15H2,1H3/b21-13-. The first-order valence-electron chi connectivity index (χ1n) is 10.5. The minimum Gasteiger partial charge on any atom is -0.483 e. The van der Waals surface area contributed by atoms with E-state index >= 15 is 0 Å².